The average molecular weight is 208 g/mol. The molecule has 0 saturated carbocycles. The second-order valence-corrected chi connectivity index (χ2v) is 3.13. The Morgan fingerprint density at radius 2 is 2.27 bits per heavy atom. The number of anilines is 1. The summed E-state index contributed by atoms with van der Waals surface area (Å²) >= 11 is 0. The van der Waals surface area contributed by atoms with Crippen LogP contribution in [0.5, 0.6) is 5.75 Å². The Morgan fingerprint density at radius 3 is 2.80 bits per heavy atom. The molecule has 0 saturated heterocycles. The molecule has 1 aromatic rings. The molecule has 0 unspecified atom stereocenters. The zero-order valence-electron chi connectivity index (χ0n) is 9.04. The Balaban J connectivity index is 2.88. The molecule has 4 heteroatoms. The van der Waals surface area contributed by atoms with Gasteiger partial charge in [0.15, 0.2) is 0 Å². The molecule has 1 rings (SSSR count). The average Bonchev–Trinajstić information content (AvgIpc) is 2.28. The number of carbonyl (C=O) groups is 1. The third-order valence-electron chi connectivity index (χ3n) is 2.13. The summed E-state index contributed by atoms with van der Waals surface area (Å²) in [6.45, 7) is 2.03. The fourth-order valence-electron chi connectivity index (χ4n) is 1.34. The van der Waals surface area contributed by atoms with Gasteiger partial charge in [0.1, 0.15) is 5.75 Å². The van der Waals surface area contributed by atoms with E-state index in [1.807, 2.05) is 19.1 Å². The van der Waals surface area contributed by atoms with E-state index < -0.39 is 0 Å². The number of ether oxygens (including phenoxy) is 1. The number of rotatable bonds is 4. The summed E-state index contributed by atoms with van der Waals surface area (Å²) in [5, 5.41) is 2.70. The van der Waals surface area contributed by atoms with E-state index in [0.717, 1.165) is 23.4 Å². The molecule has 0 spiro atoms. The van der Waals surface area contributed by atoms with Gasteiger partial charge in [0.2, 0.25) is 5.91 Å². The highest BCUT2D eigenvalue weighted by atomic mass is 16.5. The molecule has 0 atom stereocenters. The minimum atomic E-state index is -0.192. The molecular formula is C11H16N2O2. The second kappa shape index (κ2) is 5.36. The van der Waals surface area contributed by atoms with Gasteiger partial charge < -0.3 is 15.8 Å². The van der Waals surface area contributed by atoms with E-state index in [4.69, 9.17) is 10.5 Å². The summed E-state index contributed by atoms with van der Waals surface area (Å²) in [5.41, 5.74) is 7.02. The van der Waals surface area contributed by atoms with Crippen molar-refractivity contribution in [2.24, 2.45) is 5.73 Å². The van der Waals surface area contributed by atoms with Crippen LogP contribution < -0.4 is 15.8 Å². The number of benzene rings is 1. The van der Waals surface area contributed by atoms with Crippen molar-refractivity contribution >= 4 is 11.6 Å². The molecule has 0 aliphatic carbocycles. The summed E-state index contributed by atoms with van der Waals surface area (Å²) in [6.07, 6.45) is 0.857. The van der Waals surface area contributed by atoms with Crippen LogP contribution in [0.25, 0.3) is 0 Å². The summed E-state index contributed by atoms with van der Waals surface area (Å²) in [7, 11) is 1.63. The number of aryl methyl sites for hydroxylation is 1. The van der Waals surface area contributed by atoms with Gasteiger partial charge in [0, 0.05) is 5.69 Å². The lowest BCUT2D eigenvalue weighted by molar-refractivity contribution is -0.114. The van der Waals surface area contributed by atoms with Gasteiger partial charge in [-0.1, -0.05) is 6.92 Å². The highest BCUT2D eigenvalue weighted by molar-refractivity contribution is 5.92. The van der Waals surface area contributed by atoms with Gasteiger partial charge in [-0.3, -0.25) is 4.79 Å². The molecule has 4 nitrogen and oxygen atoms in total. The maximum absolute atomic E-state index is 11.1. The van der Waals surface area contributed by atoms with Crippen molar-refractivity contribution < 1.29 is 9.53 Å². The topological polar surface area (TPSA) is 64.4 Å². The predicted octanol–water partition coefficient (Wildman–Crippen LogP) is 1.15. The monoisotopic (exact) mass is 208 g/mol. The quantitative estimate of drug-likeness (QED) is 0.780. The van der Waals surface area contributed by atoms with Crippen LogP contribution in [0.15, 0.2) is 18.2 Å². The molecule has 15 heavy (non-hydrogen) atoms. The lowest BCUT2D eigenvalue weighted by Gasteiger charge is -2.09. The lowest BCUT2D eigenvalue weighted by atomic mass is 10.1. The first-order chi connectivity index (χ1) is 7.21. The Kier molecular flexibility index (Phi) is 4.12. The Bertz CT molecular complexity index is 350. The standard InChI is InChI=1S/C11H16N2O2/c1-3-8-6-9(13-11(14)7-12)4-5-10(8)15-2/h4-6H,3,7,12H2,1-2H3,(H,13,14). The van der Waals surface area contributed by atoms with Crippen LogP contribution in [0, 0.1) is 0 Å². The van der Waals surface area contributed by atoms with E-state index in [1.165, 1.54) is 0 Å². The number of carbonyl (C=O) groups excluding carboxylic acids is 1. The number of hydrogen-bond acceptors (Lipinski definition) is 3. The molecule has 0 fully saturated rings. The van der Waals surface area contributed by atoms with Gasteiger partial charge >= 0.3 is 0 Å². The SMILES string of the molecule is CCc1cc(NC(=O)CN)ccc1OC. The van der Waals surface area contributed by atoms with Crippen molar-refractivity contribution in [2.45, 2.75) is 13.3 Å². The molecule has 0 aliphatic rings. The molecule has 0 radical (unpaired) electrons. The van der Waals surface area contributed by atoms with Crippen LogP contribution in [0.1, 0.15) is 12.5 Å². The highest BCUT2D eigenvalue weighted by Crippen LogP contribution is 2.22. The zero-order valence-corrected chi connectivity index (χ0v) is 9.04. The van der Waals surface area contributed by atoms with E-state index in [2.05, 4.69) is 5.32 Å². The molecule has 0 aromatic heterocycles. The Labute approximate surface area is 89.4 Å². The summed E-state index contributed by atoms with van der Waals surface area (Å²) in [4.78, 5) is 11.1. The van der Waals surface area contributed by atoms with Crippen LogP contribution in [0.3, 0.4) is 0 Å². The third-order valence-corrected chi connectivity index (χ3v) is 2.13. The van der Waals surface area contributed by atoms with Gasteiger partial charge in [-0.25, -0.2) is 0 Å². The number of methoxy groups -OCH3 is 1. The van der Waals surface area contributed by atoms with Crippen LogP contribution in [-0.2, 0) is 11.2 Å². The van der Waals surface area contributed by atoms with Crippen molar-refractivity contribution in [1.82, 2.24) is 0 Å². The van der Waals surface area contributed by atoms with Crippen molar-refractivity contribution in [1.29, 1.82) is 0 Å². The Morgan fingerprint density at radius 1 is 1.53 bits per heavy atom. The van der Waals surface area contributed by atoms with Gasteiger partial charge in [0.25, 0.3) is 0 Å². The van der Waals surface area contributed by atoms with E-state index >= 15 is 0 Å². The van der Waals surface area contributed by atoms with Crippen LogP contribution in [0.2, 0.25) is 0 Å². The maximum Gasteiger partial charge on any atom is 0.238 e. The van der Waals surface area contributed by atoms with Crippen LogP contribution in [-0.4, -0.2) is 19.6 Å². The molecule has 1 aromatic carbocycles. The molecule has 0 bridgehead atoms. The van der Waals surface area contributed by atoms with E-state index in [9.17, 15) is 4.79 Å². The van der Waals surface area contributed by atoms with Crippen molar-refractivity contribution in [3.63, 3.8) is 0 Å². The highest BCUT2D eigenvalue weighted by Gasteiger charge is 2.04. The van der Waals surface area contributed by atoms with E-state index in [-0.39, 0.29) is 12.5 Å². The smallest absolute Gasteiger partial charge is 0.238 e. The van der Waals surface area contributed by atoms with Gasteiger partial charge in [0.05, 0.1) is 13.7 Å². The number of hydrogen-bond donors (Lipinski definition) is 2. The van der Waals surface area contributed by atoms with Crippen LogP contribution in [0.4, 0.5) is 5.69 Å². The predicted molar refractivity (Wildman–Crippen MR) is 60.1 cm³/mol. The van der Waals surface area contributed by atoms with Crippen molar-refractivity contribution in [2.75, 3.05) is 19.0 Å². The van der Waals surface area contributed by atoms with Crippen molar-refractivity contribution in [3.05, 3.63) is 23.8 Å². The molecular weight excluding hydrogens is 192 g/mol. The normalized spacial score (nSPS) is 9.80. The molecule has 1 amide bonds. The van der Waals surface area contributed by atoms with E-state index in [1.54, 1.807) is 13.2 Å². The largest absolute Gasteiger partial charge is 0.496 e. The number of amides is 1. The van der Waals surface area contributed by atoms with E-state index in [0.29, 0.717) is 0 Å². The fourth-order valence-corrected chi connectivity index (χ4v) is 1.34. The molecule has 3 N–H and O–H groups in total. The van der Waals surface area contributed by atoms with Gasteiger partial charge in [-0.15, -0.1) is 0 Å². The van der Waals surface area contributed by atoms with Gasteiger partial charge in [-0.2, -0.15) is 0 Å². The first-order valence-corrected chi connectivity index (χ1v) is 4.88. The first kappa shape index (κ1) is 11.5. The minimum absolute atomic E-state index is 0.00646. The molecule has 0 heterocycles. The maximum atomic E-state index is 11.1. The fraction of sp³-hybridized carbons (Fsp3) is 0.364. The zero-order chi connectivity index (χ0) is 11.3. The Hall–Kier alpha value is -1.55. The molecule has 82 valence electrons. The first-order valence-electron chi connectivity index (χ1n) is 4.88. The van der Waals surface area contributed by atoms with Crippen LogP contribution >= 0.6 is 0 Å². The third kappa shape index (κ3) is 2.95. The summed E-state index contributed by atoms with van der Waals surface area (Å²) in [6, 6.07) is 5.53. The molecule has 0 aliphatic heterocycles. The lowest BCUT2D eigenvalue weighted by Crippen LogP contribution is -2.21. The second-order valence-electron chi connectivity index (χ2n) is 3.13. The van der Waals surface area contributed by atoms with Gasteiger partial charge in [-0.05, 0) is 30.2 Å². The number of nitrogens with one attached hydrogen (secondary N) is 1. The number of nitrogens with two attached hydrogens (primary N) is 1. The summed E-state index contributed by atoms with van der Waals surface area (Å²) < 4.78 is 5.19. The van der Waals surface area contributed by atoms with Crippen molar-refractivity contribution in [3.8, 4) is 5.75 Å². The summed E-state index contributed by atoms with van der Waals surface area (Å²) in [5.74, 6) is 0.644. The minimum Gasteiger partial charge on any atom is -0.496 e.